The van der Waals surface area contributed by atoms with E-state index in [9.17, 15) is 9.59 Å². The van der Waals surface area contributed by atoms with Gasteiger partial charge < -0.3 is 5.11 Å². The number of carboxylic acids is 1. The Balaban J connectivity index is 2.33. The molecular formula is C10H7ClN2O3. The van der Waals surface area contributed by atoms with Crippen LogP contribution in [0.1, 0.15) is 0 Å². The average molecular weight is 239 g/mol. The van der Waals surface area contributed by atoms with Crippen LogP contribution in [0.4, 0.5) is 5.69 Å². The van der Waals surface area contributed by atoms with Crippen molar-refractivity contribution >= 4 is 35.4 Å². The number of aliphatic carboxylic acids is 1. The maximum Gasteiger partial charge on any atom is 0.321 e. The first-order valence-electron chi connectivity index (χ1n) is 4.46. The predicted molar refractivity (Wildman–Crippen MR) is 58.6 cm³/mol. The normalized spacial score (nSPS) is 19.2. The molecule has 1 N–H and O–H groups in total. The van der Waals surface area contributed by atoms with Gasteiger partial charge in [-0.05, 0) is 12.1 Å². The Hall–Kier alpha value is -1.88. The van der Waals surface area contributed by atoms with Crippen molar-refractivity contribution in [3.8, 4) is 0 Å². The molecule has 1 amide bonds. The summed E-state index contributed by atoms with van der Waals surface area (Å²) in [6, 6.07) is 6.61. The predicted octanol–water partition coefficient (Wildman–Crippen LogP) is 1.37. The van der Waals surface area contributed by atoms with E-state index in [4.69, 9.17) is 16.7 Å². The van der Waals surface area contributed by atoms with Crippen molar-refractivity contribution in [3.63, 3.8) is 0 Å². The highest BCUT2D eigenvalue weighted by Crippen LogP contribution is 2.28. The van der Waals surface area contributed by atoms with Crippen LogP contribution in [0.2, 0.25) is 5.02 Å². The summed E-state index contributed by atoms with van der Waals surface area (Å²) < 4.78 is 0. The van der Waals surface area contributed by atoms with Gasteiger partial charge in [0.1, 0.15) is 0 Å². The second-order valence-corrected chi connectivity index (χ2v) is 3.59. The largest absolute Gasteiger partial charge is 0.480 e. The Morgan fingerprint density at radius 2 is 2.12 bits per heavy atom. The molecule has 1 heterocycles. The van der Waals surface area contributed by atoms with Crippen LogP contribution >= 0.6 is 11.6 Å². The van der Waals surface area contributed by atoms with Gasteiger partial charge in [0.2, 0.25) is 0 Å². The molecule has 0 bridgehead atoms. The molecule has 0 radical (unpaired) electrons. The number of carboxylic acid groups (broad SMARTS) is 1. The third kappa shape index (κ3) is 1.65. The first-order valence-corrected chi connectivity index (χ1v) is 4.84. The number of benzene rings is 1. The summed E-state index contributed by atoms with van der Waals surface area (Å²) in [6.45, 7) is 0. The third-order valence-electron chi connectivity index (χ3n) is 2.15. The molecule has 16 heavy (non-hydrogen) atoms. The number of carbonyl (C=O) groups is 2. The molecule has 1 aromatic carbocycles. The number of hydrazone groups is 1. The number of anilines is 1. The van der Waals surface area contributed by atoms with Crippen LogP contribution in [-0.4, -0.2) is 23.2 Å². The smallest absolute Gasteiger partial charge is 0.321 e. The van der Waals surface area contributed by atoms with Crippen molar-refractivity contribution in [2.24, 2.45) is 11.0 Å². The maximum absolute atomic E-state index is 11.7. The van der Waals surface area contributed by atoms with Gasteiger partial charge in [0.15, 0.2) is 5.92 Å². The lowest BCUT2D eigenvalue weighted by Gasteiger charge is -2.13. The van der Waals surface area contributed by atoms with Gasteiger partial charge in [0.25, 0.3) is 5.91 Å². The van der Waals surface area contributed by atoms with Gasteiger partial charge >= 0.3 is 5.97 Å². The fraction of sp³-hybridized carbons (Fsp3) is 0.100. The summed E-state index contributed by atoms with van der Waals surface area (Å²) in [5.41, 5.74) is 0.383. The molecule has 0 saturated carbocycles. The van der Waals surface area contributed by atoms with Crippen LogP contribution in [0, 0.1) is 5.92 Å². The minimum absolute atomic E-state index is 0.346. The quantitative estimate of drug-likeness (QED) is 0.791. The van der Waals surface area contributed by atoms with Gasteiger partial charge in [-0.15, -0.1) is 0 Å². The van der Waals surface area contributed by atoms with Crippen molar-refractivity contribution in [2.45, 2.75) is 0 Å². The highest BCUT2D eigenvalue weighted by atomic mass is 35.5. The first kappa shape index (κ1) is 10.6. The van der Waals surface area contributed by atoms with E-state index in [0.717, 1.165) is 11.2 Å². The fourth-order valence-electron chi connectivity index (χ4n) is 1.36. The lowest BCUT2D eigenvalue weighted by Crippen LogP contribution is -2.30. The van der Waals surface area contributed by atoms with Crippen molar-refractivity contribution in [2.75, 3.05) is 5.01 Å². The number of nitrogens with zero attached hydrogens (tertiary/aromatic N) is 2. The highest BCUT2D eigenvalue weighted by Gasteiger charge is 2.35. The Bertz CT molecular complexity index is 487. The fourth-order valence-corrected chi connectivity index (χ4v) is 1.58. The van der Waals surface area contributed by atoms with E-state index in [1.165, 1.54) is 0 Å². The van der Waals surface area contributed by atoms with E-state index in [1.807, 2.05) is 0 Å². The zero-order chi connectivity index (χ0) is 11.7. The molecule has 0 fully saturated rings. The van der Waals surface area contributed by atoms with Crippen LogP contribution in [-0.2, 0) is 9.59 Å². The van der Waals surface area contributed by atoms with Crippen molar-refractivity contribution in [3.05, 3.63) is 29.3 Å². The number of hydrogen-bond acceptors (Lipinski definition) is 3. The maximum atomic E-state index is 11.7. The standard InChI is InChI=1S/C10H7ClN2O3/c11-7-3-1-2-4-8(7)13-9(14)6(5-12-13)10(15)16/h1-6H,(H,15,16). The van der Waals surface area contributed by atoms with Gasteiger partial charge in [-0.25, -0.2) is 0 Å². The number of hydrogen-bond donors (Lipinski definition) is 1. The molecule has 82 valence electrons. The van der Waals surface area contributed by atoms with E-state index < -0.39 is 17.8 Å². The topological polar surface area (TPSA) is 70.0 Å². The molecule has 1 aliphatic heterocycles. The van der Waals surface area contributed by atoms with Crippen LogP contribution in [0.3, 0.4) is 0 Å². The second-order valence-electron chi connectivity index (χ2n) is 3.18. The minimum atomic E-state index is -1.23. The van der Waals surface area contributed by atoms with Crippen LogP contribution in [0.15, 0.2) is 29.4 Å². The summed E-state index contributed by atoms with van der Waals surface area (Å²) in [5.74, 6) is -3.06. The van der Waals surface area contributed by atoms with E-state index in [2.05, 4.69) is 5.10 Å². The number of amides is 1. The van der Waals surface area contributed by atoms with Gasteiger partial charge in [0, 0.05) is 6.21 Å². The summed E-state index contributed by atoms with van der Waals surface area (Å²) in [5, 5.41) is 13.8. The molecule has 0 aromatic heterocycles. The average Bonchev–Trinajstić information content (AvgIpc) is 2.61. The molecule has 5 nitrogen and oxygen atoms in total. The molecular weight excluding hydrogens is 232 g/mol. The summed E-state index contributed by atoms with van der Waals surface area (Å²) in [4.78, 5) is 22.4. The molecule has 1 aliphatic rings. The molecule has 1 atom stereocenters. The van der Waals surface area contributed by atoms with Crippen molar-refractivity contribution in [1.82, 2.24) is 0 Å². The van der Waals surface area contributed by atoms with Gasteiger partial charge in [0.05, 0.1) is 10.7 Å². The van der Waals surface area contributed by atoms with E-state index in [1.54, 1.807) is 24.3 Å². The number of halogens is 1. The highest BCUT2D eigenvalue weighted by molar-refractivity contribution is 6.34. The van der Waals surface area contributed by atoms with Crippen molar-refractivity contribution in [1.29, 1.82) is 0 Å². The molecule has 0 saturated heterocycles. The molecule has 1 unspecified atom stereocenters. The van der Waals surface area contributed by atoms with Crippen LogP contribution < -0.4 is 5.01 Å². The number of para-hydroxylation sites is 1. The Labute approximate surface area is 95.9 Å². The SMILES string of the molecule is O=C(O)C1C=NN(c2ccccc2Cl)C1=O. The zero-order valence-electron chi connectivity index (χ0n) is 8.00. The summed E-state index contributed by atoms with van der Waals surface area (Å²) >= 11 is 5.88. The Morgan fingerprint density at radius 1 is 1.44 bits per heavy atom. The van der Waals surface area contributed by atoms with E-state index >= 15 is 0 Å². The van der Waals surface area contributed by atoms with Gasteiger partial charge in [-0.1, -0.05) is 23.7 Å². The zero-order valence-corrected chi connectivity index (χ0v) is 8.76. The number of rotatable bonds is 2. The van der Waals surface area contributed by atoms with Gasteiger partial charge in [-0.2, -0.15) is 10.1 Å². The monoisotopic (exact) mass is 238 g/mol. The third-order valence-corrected chi connectivity index (χ3v) is 2.47. The van der Waals surface area contributed by atoms with E-state index in [-0.39, 0.29) is 0 Å². The van der Waals surface area contributed by atoms with Crippen LogP contribution in [0.25, 0.3) is 0 Å². The summed E-state index contributed by atoms with van der Waals surface area (Å²) in [6.07, 6.45) is 1.09. The van der Waals surface area contributed by atoms with Gasteiger partial charge in [-0.3, -0.25) is 9.59 Å². The summed E-state index contributed by atoms with van der Waals surface area (Å²) in [7, 11) is 0. The van der Waals surface area contributed by atoms with E-state index in [0.29, 0.717) is 10.7 Å². The molecule has 2 rings (SSSR count). The Kier molecular flexibility index (Phi) is 2.62. The number of carbonyl (C=O) groups excluding carboxylic acids is 1. The first-order chi connectivity index (χ1) is 7.61. The molecule has 0 aliphatic carbocycles. The molecule has 0 spiro atoms. The second kappa shape index (κ2) is 3.94. The van der Waals surface area contributed by atoms with Crippen molar-refractivity contribution < 1.29 is 14.7 Å². The lowest BCUT2D eigenvalue weighted by atomic mass is 10.1. The lowest BCUT2D eigenvalue weighted by molar-refractivity contribution is -0.142. The Morgan fingerprint density at radius 3 is 2.69 bits per heavy atom. The molecule has 1 aromatic rings. The minimum Gasteiger partial charge on any atom is -0.480 e. The molecule has 6 heteroatoms. The van der Waals surface area contributed by atoms with Crippen LogP contribution in [0.5, 0.6) is 0 Å².